The molecule has 0 aromatic carbocycles. The Kier molecular flexibility index (Phi) is 4.56. The summed E-state index contributed by atoms with van der Waals surface area (Å²) in [6.45, 7) is 1.80. The second-order valence-corrected chi connectivity index (χ2v) is 3.49. The molecule has 1 rings (SSSR count). The van der Waals surface area contributed by atoms with E-state index in [9.17, 15) is 14.0 Å². The summed E-state index contributed by atoms with van der Waals surface area (Å²) in [7, 11) is 0. The molecule has 0 aliphatic heterocycles. The molecule has 17 heavy (non-hydrogen) atoms. The molecule has 1 atom stereocenters. The first-order valence-corrected chi connectivity index (χ1v) is 5.20. The number of halogens is 1. The molecule has 0 bridgehead atoms. The highest BCUT2D eigenvalue weighted by Gasteiger charge is 2.21. The number of rotatable bonds is 5. The van der Waals surface area contributed by atoms with E-state index >= 15 is 0 Å². The van der Waals surface area contributed by atoms with Crippen LogP contribution in [0, 0.1) is 5.95 Å². The van der Waals surface area contributed by atoms with Crippen LogP contribution in [0.3, 0.4) is 0 Å². The van der Waals surface area contributed by atoms with E-state index in [1.807, 2.05) is 0 Å². The summed E-state index contributed by atoms with van der Waals surface area (Å²) in [5.74, 6) is -2.81. The van der Waals surface area contributed by atoms with Crippen molar-refractivity contribution in [3.8, 4) is 0 Å². The predicted octanol–water partition coefficient (Wildman–Crippen LogP) is 1.20. The fourth-order valence-corrected chi connectivity index (χ4v) is 1.34. The van der Waals surface area contributed by atoms with Gasteiger partial charge < -0.3 is 10.4 Å². The van der Waals surface area contributed by atoms with Crippen molar-refractivity contribution in [1.29, 1.82) is 0 Å². The summed E-state index contributed by atoms with van der Waals surface area (Å²) in [6.07, 6.45) is 2.11. The first kappa shape index (κ1) is 13.1. The van der Waals surface area contributed by atoms with Gasteiger partial charge in [-0.2, -0.15) is 4.39 Å². The van der Waals surface area contributed by atoms with E-state index in [0.717, 1.165) is 0 Å². The quantitative estimate of drug-likeness (QED) is 0.758. The Labute approximate surface area is 97.7 Å². The first-order chi connectivity index (χ1) is 8.06. The standard InChI is InChI=1S/C11H13FN2O3/c1-2-4-8(11(16)17)14-10(15)7-5-3-6-13-9(7)12/h3,5-6,8H,2,4H2,1H3,(H,14,15)(H,16,17)/t8-/m1/s1. The van der Waals surface area contributed by atoms with Crippen LogP contribution in [0.5, 0.6) is 0 Å². The zero-order valence-electron chi connectivity index (χ0n) is 9.31. The van der Waals surface area contributed by atoms with Crippen molar-refractivity contribution in [2.45, 2.75) is 25.8 Å². The van der Waals surface area contributed by atoms with Crippen molar-refractivity contribution in [3.63, 3.8) is 0 Å². The molecule has 0 unspecified atom stereocenters. The van der Waals surface area contributed by atoms with E-state index in [2.05, 4.69) is 10.3 Å². The lowest BCUT2D eigenvalue weighted by Gasteiger charge is -2.13. The molecule has 0 aliphatic rings. The summed E-state index contributed by atoms with van der Waals surface area (Å²) in [5, 5.41) is 11.1. The Morgan fingerprint density at radius 3 is 2.82 bits per heavy atom. The number of hydrogen-bond acceptors (Lipinski definition) is 3. The molecular formula is C11H13FN2O3. The lowest BCUT2D eigenvalue weighted by Crippen LogP contribution is -2.41. The normalized spacial score (nSPS) is 11.9. The second kappa shape index (κ2) is 5.93. The fraction of sp³-hybridized carbons (Fsp3) is 0.364. The largest absolute Gasteiger partial charge is 0.480 e. The number of carboxylic acid groups (broad SMARTS) is 1. The van der Waals surface area contributed by atoms with Crippen LogP contribution < -0.4 is 5.32 Å². The van der Waals surface area contributed by atoms with Crippen LogP contribution in [0.25, 0.3) is 0 Å². The number of pyridine rings is 1. The number of nitrogens with zero attached hydrogens (tertiary/aromatic N) is 1. The van der Waals surface area contributed by atoms with Gasteiger partial charge in [0.2, 0.25) is 5.95 Å². The van der Waals surface area contributed by atoms with Gasteiger partial charge in [0.1, 0.15) is 6.04 Å². The molecule has 92 valence electrons. The molecule has 5 nitrogen and oxygen atoms in total. The highest BCUT2D eigenvalue weighted by atomic mass is 19.1. The highest BCUT2D eigenvalue weighted by Crippen LogP contribution is 2.05. The van der Waals surface area contributed by atoms with Crippen molar-refractivity contribution < 1.29 is 19.1 Å². The Bertz CT molecular complexity index is 423. The Morgan fingerprint density at radius 2 is 2.29 bits per heavy atom. The third-order valence-electron chi connectivity index (χ3n) is 2.18. The average Bonchev–Trinajstić information content (AvgIpc) is 2.28. The van der Waals surface area contributed by atoms with Gasteiger partial charge in [-0.1, -0.05) is 13.3 Å². The molecule has 1 aromatic rings. The molecular weight excluding hydrogens is 227 g/mol. The molecule has 0 saturated carbocycles. The van der Waals surface area contributed by atoms with E-state index in [4.69, 9.17) is 5.11 Å². The minimum absolute atomic E-state index is 0.255. The number of aromatic nitrogens is 1. The van der Waals surface area contributed by atoms with Gasteiger partial charge in [-0.3, -0.25) is 4.79 Å². The highest BCUT2D eigenvalue weighted by molar-refractivity contribution is 5.96. The van der Waals surface area contributed by atoms with Crippen molar-refractivity contribution in [2.75, 3.05) is 0 Å². The number of hydrogen-bond donors (Lipinski definition) is 2. The smallest absolute Gasteiger partial charge is 0.326 e. The maximum atomic E-state index is 13.2. The molecule has 0 radical (unpaired) electrons. The van der Waals surface area contributed by atoms with Crippen LogP contribution in [0.1, 0.15) is 30.1 Å². The van der Waals surface area contributed by atoms with Gasteiger partial charge in [-0.25, -0.2) is 9.78 Å². The minimum Gasteiger partial charge on any atom is -0.480 e. The summed E-state index contributed by atoms with van der Waals surface area (Å²) in [5.41, 5.74) is -0.255. The summed E-state index contributed by atoms with van der Waals surface area (Å²) < 4.78 is 13.2. The molecule has 6 heteroatoms. The van der Waals surface area contributed by atoms with Gasteiger partial charge in [-0.05, 0) is 18.6 Å². The SMILES string of the molecule is CCC[C@@H](NC(=O)c1cccnc1F)C(=O)O. The third-order valence-corrected chi connectivity index (χ3v) is 2.18. The molecule has 0 saturated heterocycles. The van der Waals surface area contributed by atoms with E-state index in [1.165, 1.54) is 18.3 Å². The number of nitrogens with one attached hydrogen (secondary N) is 1. The zero-order chi connectivity index (χ0) is 12.8. The lowest BCUT2D eigenvalue weighted by atomic mass is 10.1. The van der Waals surface area contributed by atoms with Gasteiger partial charge in [0, 0.05) is 6.20 Å². The molecule has 0 fully saturated rings. The number of amides is 1. The molecule has 0 aliphatic carbocycles. The van der Waals surface area contributed by atoms with Crippen LogP contribution in [-0.4, -0.2) is 28.0 Å². The lowest BCUT2D eigenvalue weighted by molar-refractivity contribution is -0.139. The molecule has 0 spiro atoms. The minimum atomic E-state index is -1.13. The van der Waals surface area contributed by atoms with Crippen LogP contribution in [0.2, 0.25) is 0 Å². The maximum Gasteiger partial charge on any atom is 0.326 e. The van der Waals surface area contributed by atoms with Crippen molar-refractivity contribution >= 4 is 11.9 Å². The topological polar surface area (TPSA) is 79.3 Å². The summed E-state index contributed by atoms with van der Waals surface area (Å²) in [4.78, 5) is 25.7. The number of aliphatic carboxylic acids is 1. The molecule has 1 aromatic heterocycles. The van der Waals surface area contributed by atoms with E-state index in [-0.39, 0.29) is 5.56 Å². The van der Waals surface area contributed by atoms with E-state index in [1.54, 1.807) is 6.92 Å². The van der Waals surface area contributed by atoms with Gasteiger partial charge in [0.25, 0.3) is 5.91 Å². The second-order valence-electron chi connectivity index (χ2n) is 3.49. The summed E-state index contributed by atoms with van der Waals surface area (Å²) in [6, 6.07) is 1.66. The van der Waals surface area contributed by atoms with E-state index in [0.29, 0.717) is 12.8 Å². The van der Waals surface area contributed by atoms with Crippen molar-refractivity contribution in [3.05, 3.63) is 29.8 Å². The number of carbonyl (C=O) groups excluding carboxylic acids is 1. The molecule has 1 amide bonds. The third kappa shape index (κ3) is 3.51. The molecule has 2 N–H and O–H groups in total. The van der Waals surface area contributed by atoms with Gasteiger partial charge in [0.05, 0.1) is 5.56 Å². The first-order valence-electron chi connectivity index (χ1n) is 5.20. The average molecular weight is 240 g/mol. The van der Waals surface area contributed by atoms with Gasteiger partial charge in [0.15, 0.2) is 0 Å². The predicted molar refractivity (Wildman–Crippen MR) is 58.0 cm³/mol. The number of carbonyl (C=O) groups is 2. The molecule has 1 heterocycles. The van der Waals surface area contributed by atoms with Gasteiger partial charge in [-0.15, -0.1) is 0 Å². The van der Waals surface area contributed by atoms with Crippen LogP contribution in [-0.2, 0) is 4.79 Å². The monoisotopic (exact) mass is 240 g/mol. The van der Waals surface area contributed by atoms with Crippen molar-refractivity contribution in [1.82, 2.24) is 10.3 Å². The Balaban J connectivity index is 2.77. The fourth-order valence-electron chi connectivity index (χ4n) is 1.34. The Hall–Kier alpha value is -1.98. The van der Waals surface area contributed by atoms with Crippen LogP contribution in [0.4, 0.5) is 4.39 Å². The van der Waals surface area contributed by atoms with E-state index < -0.39 is 23.9 Å². The summed E-state index contributed by atoms with van der Waals surface area (Å²) >= 11 is 0. The van der Waals surface area contributed by atoms with Crippen LogP contribution in [0.15, 0.2) is 18.3 Å². The van der Waals surface area contributed by atoms with Crippen LogP contribution >= 0.6 is 0 Å². The number of carboxylic acids is 1. The van der Waals surface area contributed by atoms with Crippen molar-refractivity contribution in [2.24, 2.45) is 0 Å². The Morgan fingerprint density at radius 1 is 1.59 bits per heavy atom. The van der Waals surface area contributed by atoms with Gasteiger partial charge >= 0.3 is 5.97 Å². The maximum absolute atomic E-state index is 13.2. The zero-order valence-corrected chi connectivity index (χ0v) is 9.31.